The molecule has 0 unspecified atom stereocenters. The number of hydrogen-bond acceptors (Lipinski definition) is 2. The third kappa shape index (κ3) is 0.570. The van der Waals surface area contributed by atoms with Crippen LogP contribution in [0.4, 0.5) is 5.69 Å². The smallest absolute Gasteiger partial charge is 0.147 e. The minimum atomic E-state index is 0.913. The second kappa shape index (κ2) is 1.70. The van der Waals surface area contributed by atoms with Crippen molar-refractivity contribution in [3.63, 3.8) is 0 Å². The van der Waals surface area contributed by atoms with E-state index in [9.17, 15) is 0 Å². The molecule has 2 heteroatoms. The monoisotopic (exact) mass is 147 g/mol. The Kier molecular flexibility index (Phi) is 0.844. The lowest BCUT2D eigenvalue weighted by Crippen LogP contribution is -2.12. The summed E-state index contributed by atoms with van der Waals surface area (Å²) >= 11 is 0. The molecule has 1 N–H and O–H groups in total. The summed E-state index contributed by atoms with van der Waals surface area (Å²) in [6.45, 7) is 0.913. The Morgan fingerprint density at radius 2 is 2.45 bits per heavy atom. The van der Waals surface area contributed by atoms with Crippen LogP contribution in [0.5, 0.6) is 0 Å². The van der Waals surface area contributed by atoms with Crippen LogP contribution in [-0.4, -0.2) is 0 Å². The summed E-state index contributed by atoms with van der Waals surface area (Å²) in [5.41, 5.74) is 2.65. The molecule has 0 radical (unpaired) electrons. The molecule has 0 atom stereocenters. The number of anilines is 1. The van der Waals surface area contributed by atoms with Gasteiger partial charge in [0.25, 0.3) is 0 Å². The predicted molar refractivity (Wildman–Crippen MR) is 43.4 cm³/mol. The number of nitrogens with one attached hydrogen (secondary N) is 1. The summed E-state index contributed by atoms with van der Waals surface area (Å²) in [7, 11) is 0. The molecule has 0 bridgehead atoms. The molecule has 0 amide bonds. The summed E-state index contributed by atoms with van der Waals surface area (Å²) in [5.74, 6) is 2.22. The Morgan fingerprint density at radius 3 is 3.27 bits per heavy atom. The molecule has 2 heterocycles. The van der Waals surface area contributed by atoms with Crippen LogP contribution in [-0.2, 0) is 13.0 Å². The van der Waals surface area contributed by atoms with Gasteiger partial charge in [0.15, 0.2) is 0 Å². The highest BCUT2D eigenvalue weighted by molar-refractivity contribution is 5.69. The Hall–Kier alpha value is -1.18. The second-order valence-electron chi connectivity index (χ2n) is 3.04. The lowest BCUT2D eigenvalue weighted by atomic mass is 10.0. The van der Waals surface area contributed by atoms with Crippen molar-refractivity contribution in [2.75, 3.05) is 5.32 Å². The topological polar surface area (TPSA) is 25.2 Å². The molecule has 2 aliphatic rings. The highest BCUT2D eigenvalue weighted by atomic mass is 16.3. The number of furan rings is 1. The quantitative estimate of drug-likeness (QED) is 0.608. The molecule has 3 rings (SSSR count). The van der Waals surface area contributed by atoms with Gasteiger partial charge in [-0.05, 0) is 18.9 Å². The molecular formula is C9H9NO. The Bertz CT molecular complexity index is 336. The number of hydrogen-bond donors (Lipinski definition) is 1. The highest BCUT2D eigenvalue weighted by Crippen LogP contribution is 2.38. The zero-order valence-corrected chi connectivity index (χ0v) is 6.18. The standard InChI is InChI=1S/C9H9NO/c1-2-4-7-6(3-1)9-8(11-7)5-10-9/h2,4,10H,1,3,5H2. The molecule has 0 fully saturated rings. The first kappa shape index (κ1) is 5.47. The van der Waals surface area contributed by atoms with E-state index in [1.54, 1.807) is 0 Å². The van der Waals surface area contributed by atoms with Gasteiger partial charge in [0, 0.05) is 5.56 Å². The van der Waals surface area contributed by atoms with Crippen molar-refractivity contribution in [3.8, 4) is 0 Å². The van der Waals surface area contributed by atoms with Crippen LogP contribution in [0.15, 0.2) is 10.5 Å². The summed E-state index contributed by atoms with van der Waals surface area (Å²) in [4.78, 5) is 0. The van der Waals surface area contributed by atoms with Gasteiger partial charge in [0.1, 0.15) is 11.5 Å². The van der Waals surface area contributed by atoms with Crippen molar-refractivity contribution in [1.29, 1.82) is 0 Å². The third-order valence-corrected chi connectivity index (χ3v) is 2.37. The van der Waals surface area contributed by atoms with Crippen LogP contribution in [0.3, 0.4) is 0 Å². The molecule has 0 saturated heterocycles. The van der Waals surface area contributed by atoms with Gasteiger partial charge in [0.05, 0.1) is 12.2 Å². The minimum Gasteiger partial charge on any atom is -0.457 e. The third-order valence-electron chi connectivity index (χ3n) is 2.37. The minimum absolute atomic E-state index is 0.913. The molecule has 2 nitrogen and oxygen atoms in total. The molecule has 0 saturated carbocycles. The molecule has 1 aliphatic heterocycles. The first-order chi connectivity index (χ1) is 5.45. The number of allylic oxidation sites excluding steroid dienone is 1. The fraction of sp³-hybridized carbons (Fsp3) is 0.333. The maximum Gasteiger partial charge on any atom is 0.147 e. The highest BCUT2D eigenvalue weighted by Gasteiger charge is 2.25. The second-order valence-corrected chi connectivity index (χ2v) is 3.04. The van der Waals surface area contributed by atoms with E-state index in [1.807, 2.05) is 0 Å². The van der Waals surface area contributed by atoms with Crippen LogP contribution in [0, 0.1) is 0 Å². The average Bonchev–Trinajstić information content (AvgIpc) is 2.23. The van der Waals surface area contributed by atoms with Crippen molar-refractivity contribution in [2.24, 2.45) is 0 Å². The van der Waals surface area contributed by atoms with Gasteiger partial charge >= 0.3 is 0 Å². The fourth-order valence-corrected chi connectivity index (χ4v) is 1.73. The first-order valence-electron chi connectivity index (χ1n) is 4.00. The van der Waals surface area contributed by atoms with Crippen LogP contribution >= 0.6 is 0 Å². The lowest BCUT2D eigenvalue weighted by Gasteiger charge is -2.15. The molecular weight excluding hydrogens is 138 g/mol. The summed E-state index contributed by atoms with van der Waals surface area (Å²) < 4.78 is 5.57. The first-order valence-corrected chi connectivity index (χ1v) is 4.00. The van der Waals surface area contributed by atoms with Crippen molar-refractivity contribution >= 4 is 11.8 Å². The van der Waals surface area contributed by atoms with E-state index in [2.05, 4.69) is 17.5 Å². The predicted octanol–water partition coefficient (Wildman–Crippen LogP) is 2.16. The van der Waals surface area contributed by atoms with E-state index in [1.165, 1.54) is 11.3 Å². The Labute approximate surface area is 64.9 Å². The normalized spacial score (nSPS) is 18.2. The van der Waals surface area contributed by atoms with Crippen LogP contribution in [0.2, 0.25) is 0 Å². The summed E-state index contributed by atoms with van der Waals surface area (Å²) in [6.07, 6.45) is 6.54. The molecule has 1 aliphatic carbocycles. The van der Waals surface area contributed by atoms with Crippen molar-refractivity contribution in [2.45, 2.75) is 19.4 Å². The largest absolute Gasteiger partial charge is 0.457 e. The number of rotatable bonds is 0. The van der Waals surface area contributed by atoms with Crippen LogP contribution in [0.1, 0.15) is 23.5 Å². The van der Waals surface area contributed by atoms with E-state index in [4.69, 9.17) is 4.42 Å². The zero-order chi connectivity index (χ0) is 7.26. The van der Waals surface area contributed by atoms with Crippen molar-refractivity contribution in [1.82, 2.24) is 0 Å². The van der Waals surface area contributed by atoms with Crippen molar-refractivity contribution in [3.05, 3.63) is 23.2 Å². The van der Waals surface area contributed by atoms with Gasteiger partial charge in [0.2, 0.25) is 0 Å². The number of fused-ring (bicyclic) bond motifs is 3. The summed E-state index contributed by atoms with van der Waals surface area (Å²) in [5, 5.41) is 3.27. The molecule has 0 aromatic carbocycles. The molecule has 0 spiro atoms. The maximum absolute atomic E-state index is 5.57. The molecule has 56 valence electrons. The van der Waals surface area contributed by atoms with E-state index >= 15 is 0 Å². The Morgan fingerprint density at radius 1 is 1.45 bits per heavy atom. The summed E-state index contributed by atoms with van der Waals surface area (Å²) in [6, 6.07) is 0. The molecule has 1 aromatic heterocycles. The average molecular weight is 147 g/mol. The SMILES string of the molecule is C1=Cc2oc3c(c2CC1)NC3. The van der Waals surface area contributed by atoms with E-state index < -0.39 is 0 Å². The fourth-order valence-electron chi connectivity index (χ4n) is 1.73. The molecule has 11 heavy (non-hydrogen) atoms. The van der Waals surface area contributed by atoms with Crippen LogP contribution in [0.25, 0.3) is 6.08 Å². The van der Waals surface area contributed by atoms with Gasteiger partial charge in [-0.15, -0.1) is 0 Å². The van der Waals surface area contributed by atoms with E-state index in [0.717, 1.165) is 30.9 Å². The zero-order valence-electron chi connectivity index (χ0n) is 6.18. The maximum atomic E-state index is 5.57. The van der Waals surface area contributed by atoms with E-state index in [0.29, 0.717) is 0 Å². The van der Waals surface area contributed by atoms with E-state index in [-0.39, 0.29) is 0 Å². The van der Waals surface area contributed by atoms with Crippen LogP contribution < -0.4 is 5.32 Å². The van der Waals surface area contributed by atoms with Gasteiger partial charge in [-0.3, -0.25) is 0 Å². The van der Waals surface area contributed by atoms with Gasteiger partial charge in [-0.1, -0.05) is 6.08 Å². The Balaban J connectivity index is 2.26. The lowest BCUT2D eigenvalue weighted by molar-refractivity contribution is 0.496. The molecule has 1 aromatic rings. The van der Waals surface area contributed by atoms with Gasteiger partial charge in [-0.25, -0.2) is 0 Å². The van der Waals surface area contributed by atoms with Gasteiger partial charge in [-0.2, -0.15) is 0 Å². The van der Waals surface area contributed by atoms with Gasteiger partial charge < -0.3 is 9.73 Å². The van der Waals surface area contributed by atoms with Crippen molar-refractivity contribution < 1.29 is 4.42 Å².